The van der Waals surface area contributed by atoms with Gasteiger partial charge < -0.3 is 14.0 Å². The van der Waals surface area contributed by atoms with Crippen molar-refractivity contribution in [3.63, 3.8) is 0 Å². The van der Waals surface area contributed by atoms with E-state index in [-0.39, 0.29) is 16.3 Å². The molecule has 3 aromatic carbocycles. The van der Waals surface area contributed by atoms with Crippen LogP contribution < -0.4 is 19.8 Å². The second-order valence-electron chi connectivity index (χ2n) is 8.07. The highest BCUT2D eigenvalue weighted by Gasteiger charge is 2.18. The zero-order valence-electron chi connectivity index (χ0n) is 20.0. The zero-order valence-corrected chi connectivity index (χ0v) is 20.9. The summed E-state index contributed by atoms with van der Waals surface area (Å²) in [4.78, 5) is 13.0. The minimum absolute atomic E-state index is 0.0182. The number of hydrogen-bond donors (Lipinski definition) is 1. The van der Waals surface area contributed by atoms with E-state index in [4.69, 9.17) is 9.47 Å². The summed E-state index contributed by atoms with van der Waals surface area (Å²) >= 11 is 0. The first kappa shape index (κ1) is 24.1. The second kappa shape index (κ2) is 9.82. The van der Waals surface area contributed by atoms with Crippen molar-refractivity contribution < 1.29 is 22.4 Å². The standard InChI is InChI=1S/C27H23N3O6S/c1-3-35-21-6-4-5-18(15-21)19-7-10-24(25(17-19)34-2)30-23-11-9-22(16-20(23)8-12-27(30)31)37(32,33)29-26-13-14-36-28-26/h4-17H,3H2,1-2H3,(H,28,29). The van der Waals surface area contributed by atoms with Crippen LogP contribution in [0.1, 0.15) is 6.92 Å². The van der Waals surface area contributed by atoms with Gasteiger partial charge in [-0.2, -0.15) is 0 Å². The SMILES string of the molecule is CCOc1cccc(-c2ccc(-n3c(=O)ccc4cc(S(=O)(=O)Nc5ccon5)ccc43)c(OC)c2)c1. The molecule has 0 aliphatic heterocycles. The monoisotopic (exact) mass is 517 g/mol. The Labute approximate surface area is 212 Å². The number of nitrogens with zero attached hydrogens (tertiary/aromatic N) is 2. The van der Waals surface area contributed by atoms with Crippen LogP contribution in [0.5, 0.6) is 11.5 Å². The summed E-state index contributed by atoms with van der Waals surface area (Å²) in [6.45, 7) is 2.49. The molecule has 5 rings (SSSR count). The average molecular weight is 518 g/mol. The quantitative estimate of drug-likeness (QED) is 0.313. The molecule has 0 atom stereocenters. The lowest BCUT2D eigenvalue weighted by molar-refractivity contribution is 0.340. The maximum atomic E-state index is 13.0. The highest BCUT2D eigenvalue weighted by atomic mass is 32.2. The fourth-order valence-electron chi connectivity index (χ4n) is 4.08. The lowest BCUT2D eigenvalue weighted by Crippen LogP contribution is -2.18. The van der Waals surface area contributed by atoms with E-state index in [9.17, 15) is 13.2 Å². The molecule has 0 fully saturated rings. The van der Waals surface area contributed by atoms with E-state index in [0.717, 1.165) is 16.9 Å². The molecule has 9 nitrogen and oxygen atoms in total. The maximum absolute atomic E-state index is 13.0. The molecule has 2 aromatic heterocycles. The van der Waals surface area contributed by atoms with Crippen molar-refractivity contribution in [2.24, 2.45) is 0 Å². The lowest BCUT2D eigenvalue weighted by Gasteiger charge is -2.16. The minimum Gasteiger partial charge on any atom is -0.495 e. The van der Waals surface area contributed by atoms with Gasteiger partial charge in [0.2, 0.25) is 0 Å². The summed E-state index contributed by atoms with van der Waals surface area (Å²) in [6.07, 6.45) is 1.27. The van der Waals surface area contributed by atoms with Gasteiger partial charge in [-0.15, -0.1) is 0 Å². The molecule has 0 radical (unpaired) electrons. The molecule has 2 heterocycles. The Morgan fingerprint density at radius 2 is 1.81 bits per heavy atom. The minimum atomic E-state index is -3.91. The van der Waals surface area contributed by atoms with Gasteiger partial charge in [-0.1, -0.05) is 23.4 Å². The molecule has 0 bridgehead atoms. The largest absolute Gasteiger partial charge is 0.495 e. The summed E-state index contributed by atoms with van der Waals surface area (Å²) in [7, 11) is -2.38. The first-order valence-electron chi connectivity index (χ1n) is 11.4. The van der Waals surface area contributed by atoms with Crippen molar-refractivity contribution in [1.82, 2.24) is 9.72 Å². The van der Waals surface area contributed by atoms with Crippen LogP contribution in [0.15, 0.2) is 99.3 Å². The van der Waals surface area contributed by atoms with E-state index in [1.807, 2.05) is 43.3 Å². The van der Waals surface area contributed by atoms with Gasteiger partial charge >= 0.3 is 0 Å². The number of ether oxygens (including phenoxy) is 2. The van der Waals surface area contributed by atoms with Crippen molar-refractivity contribution >= 4 is 26.7 Å². The van der Waals surface area contributed by atoms with Gasteiger partial charge in [0.05, 0.1) is 29.8 Å². The summed E-state index contributed by atoms with van der Waals surface area (Å²) in [5.74, 6) is 1.32. The van der Waals surface area contributed by atoms with Gasteiger partial charge in [-0.25, -0.2) is 8.42 Å². The van der Waals surface area contributed by atoms with Crippen LogP contribution in [-0.2, 0) is 10.0 Å². The molecule has 0 unspecified atom stereocenters. The number of hydrogen-bond acceptors (Lipinski definition) is 7. The number of sulfonamides is 1. The predicted octanol–water partition coefficient (Wildman–Crippen LogP) is 4.85. The van der Waals surface area contributed by atoms with Gasteiger partial charge in [0, 0.05) is 17.5 Å². The van der Waals surface area contributed by atoms with Crippen LogP contribution in [0.25, 0.3) is 27.7 Å². The third-order valence-corrected chi connectivity index (χ3v) is 7.10. The number of rotatable bonds is 8. The second-order valence-corrected chi connectivity index (χ2v) is 9.75. The smallest absolute Gasteiger partial charge is 0.263 e. The van der Waals surface area contributed by atoms with E-state index in [0.29, 0.717) is 28.9 Å². The number of fused-ring (bicyclic) bond motifs is 1. The molecule has 0 spiro atoms. The van der Waals surface area contributed by atoms with Gasteiger partial charge in [0.1, 0.15) is 17.8 Å². The van der Waals surface area contributed by atoms with Crippen LogP contribution in [0.4, 0.5) is 5.82 Å². The summed E-state index contributed by atoms with van der Waals surface area (Å²) in [5.41, 5.74) is 2.60. The number of nitrogens with one attached hydrogen (secondary N) is 1. The average Bonchev–Trinajstić information content (AvgIpc) is 3.41. The molecule has 0 saturated carbocycles. The molecule has 37 heavy (non-hydrogen) atoms. The highest BCUT2D eigenvalue weighted by Crippen LogP contribution is 2.32. The predicted molar refractivity (Wildman–Crippen MR) is 140 cm³/mol. The zero-order chi connectivity index (χ0) is 26.0. The van der Waals surface area contributed by atoms with E-state index in [1.54, 1.807) is 18.2 Å². The van der Waals surface area contributed by atoms with Crippen LogP contribution in [0.2, 0.25) is 0 Å². The number of aromatic nitrogens is 2. The number of anilines is 1. The topological polar surface area (TPSA) is 113 Å². The first-order chi connectivity index (χ1) is 17.9. The van der Waals surface area contributed by atoms with Crippen molar-refractivity contribution in [3.05, 3.63) is 95.5 Å². The Kier molecular flexibility index (Phi) is 6.41. The molecule has 1 N–H and O–H groups in total. The fourth-order valence-corrected chi connectivity index (χ4v) is 5.10. The molecule has 5 aromatic rings. The van der Waals surface area contributed by atoms with Crippen LogP contribution in [0, 0.1) is 0 Å². The van der Waals surface area contributed by atoms with E-state index < -0.39 is 10.0 Å². The van der Waals surface area contributed by atoms with Crippen molar-refractivity contribution in [2.75, 3.05) is 18.4 Å². The fraction of sp³-hybridized carbons (Fsp3) is 0.111. The summed E-state index contributed by atoms with van der Waals surface area (Å²) in [5, 5.41) is 4.14. The molecule has 0 saturated heterocycles. The molecule has 0 aliphatic carbocycles. The van der Waals surface area contributed by atoms with E-state index in [2.05, 4.69) is 14.4 Å². The van der Waals surface area contributed by atoms with Crippen molar-refractivity contribution in [1.29, 1.82) is 0 Å². The Balaban J connectivity index is 1.58. The number of benzene rings is 3. The molecule has 188 valence electrons. The van der Waals surface area contributed by atoms with Crippen molar-refractivity contribution in [3.8, 4) is 28.3 Å². The van der Waals surface area contributed by atoms with Crippen LogP contribution in [0.3, 0.4) is 0 Å². The molecule has 10 heteroatoms. The molecule has 0 aliphatic rings. The third kappa shape index (κ3) is 4.78. The van der Waals surface area contributed by atoms with E-state index >= 15 is 0 Å². The van der Waals surface area contributed by atoms with E-state index in [1.165, 1.54) is 42.2 Å². The van der Waals surface area contributed by atoms with Crippen LogP contribution >= 0.6 is 0 Å². The Morgan fingerprint density at radius 1 is 0.973 bits per heavy atom. The summed E-state index contributed by atoms with van der Waals surface area (Å²) < 4.78 is 45.4. The lowest BCUT2D eigenvalue weighted by atomic mass is 10.0. The van der Waals surface area contributed by atoms with Crippen molar-refractivity contribution in [2.45, 2.75) is 11.8 Å². The highest BCUT2D eigenvalue weighted by molar-refractivity contribution is 7.92. The molecular weight excluding hydrogens is 494 g/mol. The molecular formula is C27H23N3O6S. The van der Waals surface area contributed by atoms with Gasteiger partial charge in [-0.05, 0) is 66.6 Å². The Hall–Kier alpha value is -4.57. The van der Waals surface area contributed by atoms with Gasteiger partial charge in [0.15, 0.2) is 5.82 Å². The maximum Gasteiger partial charge on any atom is 0.263 e. The third-order valence-electron chi connectivity index (χ3n) is 5.75. The summed E-state index contributed by atoms with van der Waals surface area (Å²) in [6, 6.07) is 22.2. The number of pyridine rings is 1. The first-order valence-corrected chi connectivity index (χ1v) is 12.9. The Morgan fingerprint density at radius 3 is 2.57 bits per heavy atom. The van der Waals surface area contributed by atoms with Gasteiger partial charge in [0.25, 0.3) is 15.6 Å². The number of methoxy groups -OCH3 is 1. The van der Waals surface area contributed by atoms with Gasteiger partial charge in [-0.3, -0.25) is 14.1 Å². The normalized spacial score (nSPS) is 11.4. The molecule has 0 amide bonds. The van der Waals surface area contributed by atoms with Crippen LogP contribution in [-0.4, -0.2) is 31.9 Å². The Bertz CT molecular complexity index is 1740.